The van der Waals surface area contributed by atoms with Crippen LogP contribution in [0.3, 0.4) is 0 Å². The van der Waals surface area contributed by atoms with Gasteiger partial charge in [-0.15, -0.1) is 0 Å². The Kier molecular flexibility index (Phi) is 4.81. The standard InChI is InChI=1S/C19H20BrNO3/c1-4-19(2,3)24-18-21-16-15(11-10-14(20)17(16)23-18)22-12-13-8-6-5-7-9-13/h5-11H,4,12H2,1-3H3. The smallest absolute Gasteiger partial charge is 0.395 e. The predicted molar refractivity (Wildman–Crippen MR) is 97.5 cm³/mol. The van der Waals surface area contributed by atoms with E-state index in [1.807, 2.05) is 56.3 Å². The van der Waals surface area contributed by atoms with Crippen molar-refractivity contribution in [2.45, 2.75) is 39.4 Å². The molecule has 3 aromatic rings. The van der Waals surface area contributed by atoms with Crippen LogP contribution in [0.4, 0.5) is 0 Å². The van der Waals surface area contributed by atoms with Crippen LogP contribution in [0, 0.1) is 0 Å². The molecule has 0 aliphatic rings. The largest absolute Gasteiger partial charge is 0.486 e. The molecular weight excluding hydrogens is 370 g/mol. The number of ether oxygens (including phenoxy) is 2. The number of oxazole rings is 1. The highest BCUT2D eigenvalue weighted by Crippen LogP contribution is 2.35. The van der Waals surface area contributed by atoms with Gasteiger partial charge < -0.3 is 13.9 Å². The fraction of sp³-hybridized carbons (Fsp3) is 0.316. The molecule has 126 valence electrons. The summed E-state index contributed by atoms with van der Waals surface area (Å²) in [6.45, 7) is 6.54. The maximum atomic E-state index is 5.93. The fourth-order valence-electron chi connectivity index (χ4n) is 2.14. The van der Waals surface area contributed by atoms with Crippen molar-refractivity contribution in [3.05, 3.63) is 52.5 Å². The van der Waals surface area contributed by atoms with Gasteiger partial charge in [-0.05, 0) is 53.9 Å². The minimum atomic E-state index is -0.335. The molecule has 0 saturated carbocycles. The molecule has 0 unspecified atom stereocenters. The first-order valence-corrected chi connectivity index (χ1v) is 8.72. The highest BCUT2D eigenvalue weighted by Gasteiger charge is 2.22. The van der Waals surface area contributed by atoms with Crippen molar-refractivity contribution >= 4 is 27.0 Å². The Morgan fingerprint density at radius 1 is 1.12 bits per heavy atom. The normalized spacial score (nSPS) is 11.7. The molecule has 0 radical (unpaired) electrons. The number of halogens is 1. The van der Waals surface area contributed by atoms with Crippen molar-refractivity contribution in [2.75, 3.05) is 0 Å². The second kappa shape index (κ2) is 6.85. The van der Waals surface area contributed by atoms with E-state index in [4.69, 9.17) is 13.9 Å². The van der Waals surface area contributed by atoms with Gasteiger partial charge in [0.25, 0.3) is 0 Å². The molecule has 2 aromatic carbocycles. The summed E-state index contributed by atoms with van der Waals surface area (Å²) in [6.07, 6.45) is 1.11. The van der Waals surface area contributed by atoms with E-state index in [9.17, 15) is 0 Å². The predicted octanol–water partition coefficient (Wildman–Crippen LogP) is 5.74. The Hall–Kier alpha value is -2.01. The zero-order valence-corrected chi connectivity index (χ0v) is 15.6. The Morgan fingerprint density at radius 2 is 1.88 bits per heavy atom. The van der Waals surface area contributed by atoms with Crippen LogP contribution in [-0.2, 0) is 6.61 Å². The first-order valence-electron chi connectivity index (χ1n) is 7.93. The Morgan fingerprint density at radius 3 is 2.58 bits per heavy atom. The van der Waals surface area contributed by atoms with Crippen LogP contribution in [0.2, 0.25) is 0 Å². The lowest BCUT2D eigenvalue weighted by atomic mass is 10.1. The lowest BCUT2D eigenvalue weighted by Gasteiger charge is -2.21. The third kappa shape index (κ3) is 3.73. The fourth-order valence-corrected chi connectivity index (χ4v) is 2.54. The second-order valence-corrected chi connectivity index (χ2v) is 7.05. The molecule has 0 amide bonds. The second-order valence-electron chi connectivity index (χ2n) is 6.19. The summed E-state index contributed by atoms with van der Waals surface area (Å²) < 4.78 is 18.4. The molecule has 1 aromatic heterocycles. The number of fused-ring (bicyclic) bond motifs is 1. The lowest BCUT2D eigenvalue weighted by molar-refractivity contribution is 0.0689. The molecule has 24 heavy (non-hydrogen) atoms. The Bertz CT molecular complexity index is 827. The zero-order valence-electron chi connectivity index (χ0n) is 14.0. The summed E-state index contributed by atoms with van der Waals surface area (Å²) in [5.41, 5.74) is 2.05. The van der Waals surface area contributed by atoms with E-state index in [2.05, 4.69) is 27.8 Å². The van der Waals surface area contributed by atoms with Crippen LogP contribution in [-0.4, -0.2) is 10.6 Å². The summed E-state index contributed by atoms with van der Waals surface area (Å²) in [4.78, 5) is 4.48. The summed E-state index contributed by atoms with van der Waals surface area (Å²) >= 11 is 3.49. The van der Waals surface area contributed by atoms with Crippen LogP contribution in [0.5, 0.6) is 11.8 Å². The molecular formula is C19H20BrNO3. The third-order valence-electron chi connectivity index (χ3n) is 3.89. The highest BCUT2D eigenvalue weighted by atomic mass is 79.9. The number of aromatic nitrogens is 1. The van der Waals surface area contributed by atoms with Crippen molar-refractivity contribution in [2.24, 2.45) is 0 Å². The number of benzene rings is 2. The van der Waals surface area contributed by atoms with Gasteiger partial charge >= 0.3 is 6.08 Å². The molecule has 4 nitrogen and oxygen atoms in total. The molecule has 0 atom stereocenters. The molecule has 0 fully saturated rings. The third-order valence-corrected chi connectivity index (χ3v) is 4.52. The molecule has 0 bridgehead atoms. The topological polar surface area (TPSA) is 44.5 Å². The van der Waals surface area contributed by atoms with Gasteiger partial charge in [-0.25, -0.2) is 0 Å². The number of nitrogens with zero attached hydrogens (tertiary/aromatic N) is 1. The van der Waals surface area contributed by atoms with Gasteiger partial charge in [0.2, 0.25) is 0 Å². The Balaban J connectivity index is 1.88. The summed E-state index contributed by atoms with van der Waals surface area (Å²) in [5, 5.41) is 0. The zero-order chi connectivity index (χ0) is 17.2. The summed E-state index contributed by atoms with van der Waals surface area (Å²) in [6, 6.07) is 13.8. The van der Waals surface area contributed by atoms with E-state index >= 15 is 0 Å². The molecule has 1 heterocycles. The minimum absolute atomic E-state index is 0.258. The van der Waals surface area contributed by atoms with Crippen LogP contribution < -0.4 is 9.47 Å². The van der Waals surface area contributed by atoms with Gasteiger partial charge in [-0.2, -0.15) is 4.98 Å². The van der Waals surface area contributed by atoms with E-state index in [1.165, 1.54) is 0 Å². The minimum Gasteiger partial charge on any atom is -0.486 e. The molecule has 0 saturated heterocycles. The average Bonchev–Trinajstić information content (AvgIpc) is 2.99. The molecule has 3 rings (SSSR count). The molecule has 0 spiro atoms. The van der Waals surface area contributed by atoms with Crippen LogP contribution in [0.25, 0.3) is 11.1 Å². The maximum Gasteiger partial charge on any atom is 0.395 e. The van der Waals surface area contributed by atoms with Gasteiger partial charge in [-0.1, -0.05) is 37.3 Å². The van der Waals surface area contributed by atoms with Crippen molar-refractivity contribution in [1.82, 2.24) is 4.98 Å². The van der Waals surface area contributed by atoms with E-state index in [1.54, 1.807) is 0 Å². The molecule has 5 heteroatoms. The number of rotatable bonds is 6. The van der Waals surface area contributed by atoms with E-state index < -0.39 is 0 Å². The SMILES string of the molecule is CCC(C)(C)Oc1nc2c(OCc3ccccc3)ccc(Br)c2o1. The van der Waals surface area contributed by atoms with Crippen molar-refractivity contribution < 1.29 is 13.9 Å². The Labute approximate surface area is 149 Å². The number of hydrogen-bond acceptors (Lipinski definition) is 4. The van der Waals surface area contributed by atoms with Gasteiger partial charge in [0.1, 0.15) is 18.0 Å². The van der Waals surface area contributed by atoms with Gasteiger partial charge in [0, 0.05) is 0 Å². The van der Waals surface area contributed by atoms with Crippen LogP contribution >= 0.6 is 15.9 Å². The maximum absolute atomic E-state index is 5.93. The lowest BCUT2D eigenvalue weighted by Crippen LogP contribution is -2.26. The molecule has 0 N–H and O–H groups in total. The summed E-state index contributed by atoms with van der Waals surface area (Å²) in [7, 11) is 0. The van der Waals surface area contributed by atoms with E-state index in [-0.39, 0.29) is 11.7 Å². The van der Waals surface area contributed by atoms with Crippen molar-refractivity contribution in [3.63, 3.8) is 0 Å². The van der Waals surface area contributed by atoms with E-state index in [0.717, 1.165) is 16.5 Å². The molecule has 0 aliphatic carbocycles. The van der Waals surface area contributed by atoms with Crippen LogP contribution in [0.15, 0.2) is 51.4 Å². The van der Waals surface area contributed by atoms with Crippen LogP contribution in [0.1, 0.15) is 32.8 Å². The van der Waals surface area contributed by atoms with Crippen molar-refractivity contribution in [3.8, 4) is 11.8 Å². The first kappa shape index (κ1) is 16.8. The quantitative estimate of drug-likeness (QED) is 0.539. The van der Waals surface area contributed by atoms with Gasteiger partial charge in [-0.3, -0.25) is 0 Å². The monoisotopic (exact) mass is 389 g/mol. The van der Waals surface area contributed by atoms with E-state index in [0.29, 0.717) is 23.5 Å². The highest BCUT2D eigenvalue weighted by molar-refractivity contribution is 9.10. The molecule has 0 aliphatic heterocycles. The van der Waals surface area contributed by atoms with Gasteiger partial charge in [0.15, 0.2) is 11.1 Å². The van der Waals surface area contributed by atoms with Gasteiger partial charge in [0.05, 0.1) is 4.47 Å². The summed E-state index contributed by atoms with van der Waals surface area (Å²) in [5.74, 6) is 0.671. The first-order chi connectivity index (χ1) is 11.5. The number of hydrogen-bond donors (Lipinski definition) is 0. The average molecular weight is 390 g/mol. The van der Waals surface area contributed by atoms with Crippen molar-refractivity contribution in [1.29, 1.82) is 0 Å².